The van der Waals surface area contributed by atoms with Crippen LogP contribution in [0.4, 0.5) is 11.4 Å². The largest absolute Gasteiger partial charge is 0.491 e. The molecule has 7 heteroatoms. The quantitative estimate of drug-likeness (QED) is 0.138. The molecule has 2 aliphatic rings. The number of nitrogens with one attached hydrogen (secondary N) is 1. The summed E-state index contributed by atoms with van der Waals surface area (Å²) in [6.45, 7) is 8.04. The van der Waals surface area contributed by atoms with Crippen molar-refractivity contribution in [2.24, 2.45) is 0 Å². The van der Waals surface area contributed by atoms with Crippen LogP contribution in [0.2, 0.25) is 0 Å². The molecule has 1 saturated heterocycles. The molecule has 0 aromatic heterocycles. The standard InChI is InChI=1S/C42H49N3O4/c1-3-23-47-26-27-49-40-16-11-34(12-17-40)35-13-18-41-37(28-35)29-36(19-22-45(41)31-32-7-5-4-6-8-32)42(46)43-38-14-9-33(10-15-38)30-44(2)39-20-24-48-25-21-39/h4-18,28-29,39H,3,19-27,30-31H2,1-2H3,(H,43,46). The van der Waals surface area contributed by atoms with Gasteiger partial charge in [0.25, 0.3) is 5.91 Å². The molecule has 0 radical (unpaired) electrons. The van der Waals surface area contributed by atoms with Crippen molar-refractivity contribution in [1.29, 1.82) is 0 Å². The smallest absolute Gasteiger partial charge is 0.251 e. The van der Waals surface area contributed by atoms with Crippen molar-refractivity contribution in [3.05, 3.63) is 119 Å². The lowest BCUT2D eigenvalue weighted by molar-refractivity contribution is -0.112. The van der Waals surface area contributed by atoms with Gasteiger partial charge in [0.15, 0.2) is 0 Å². The number of fused-ring (bicyclic) bond motifs is 1. The fraction of sp³-hybridized carbons (Fsp3) is 0.357. The molecule has 49 heavy (non-hydrogen) atoms. The minimum Gasteiger partial charge on any atom is -0.491 e. The predicted octanol–water partition coefficient (Wildman–Crippen LogP) is 8.20. The number of hydrogen-bond acceptors (Lipinski definition) is 6. The van der Waals surface area contributed by atoms with E-state index in [4.69, 9.17) is 14.2 Å². The van der Waals surface area contributed by atoms with Crippen molar-refractivity contribution in [3.8, 4) is 16.9 Å². The first-order chi connectivity index (χ1) is 24.1. The summed E-state index contributed by atoms with van der Waals surface area (Å²) in [6.07, 6.45) is 5.87. The van der Waals surface area contributed by atoms with Gasteiger partial charge in [-0.1, -0.05) is 67.6 Å². The monoisotopic (exact) mass is 659 g/mol. The molecule has 0 atom stereocenters. The third-order valence-electron chi connectivity index (χ3n) is 9.35. The first kappa shape index (κ1) is 34.4. The van der Waals surface area contributed by atoms with E-state index in [2.05, 4.69) is 102 Å². The van der Waals surface area contributed by atoms with Gasteiger partial charge < -0.3 is 24.4 Å². The second kappa shape index (κ2) is 17.3. The van der Waals surface area contributed by atoms with Gasteiger partial charge in [-0.2, -0.15) is 0 Å². The summed E-state index contributed by atoms with van der Waals surface area (Å²) in [4.78, 5) is 18.6. The Morgan fingerprint density at radius 3 is 2.39 bits per heavy atom. The van der Waals surface area contributed by atoms with E-state index in [-0.39, 0.29) is 5.91 Å². The van der Waals surface area contributed by atoms with Crippen molar-refractivity contribution in [2.45, 2.75) is 51.7 Å². The van der Waals surface area contributed by atoms with E-state index in [9.17, 15) is 4.79 Å². The summed E-state index contributed by atoms with van der Waals surface area (Å²) in [6, 6.07) is 34.1. The number of ether oxygens (including phenoxy) is 3. The zero-order valence-corrected chi connectivity index (χ0v) is 28.9. The zero-order valence-electron chi connectivity index (χ0n) is 28.9. The fourth-order valence-electron chi connectivity index (χ4n) is 6.58. The zero-order chi connectivity index (χ0) is 33.8. The molecule has 0 bridgehead atoms. The summed E-state index contributed by atoms with van der Waals surface area (Å²) in [5, 5.41) is 3.18. The number of anilines is 2. The van der Waals surface area contributed by atoms with E-state index < -0.39 is 0 Å². The molecule has 0 spiro atoms. The highest BCUT2D eigenvalue weighted by atomic mass is 16.5. The van der Waals surface area contributed by atoms with Crippen LogP contribution in [0.25, 0.3) is 17.2 Å². The summed E-state index contributed by atoms with van der Waals surface area (Å²) >= 11 is 0. The first-order valence-electron chi connectivity index (χ1n) is 17.7. The predicted molar refractivity (Wildman–Crippen MR) is 199 cm³/mol. The molecule has 4 aromatic rings. The van der Waals surface area contributed by atoms with Crippen LogP contribution in [-0.4, -0.2) is 63.5 Å². The Balaban J connectivity index is 1.17. The summed E-state index contributed by atoms with van der Waals surface area (Å²) < 4.78 is 16.9. The van der Waals surface area contributed by atoms with E-state index >= 15 is 0 Å². The molecule has 0 saturated carbocycles. The molecule has 1 amide bonds. The van der Waals surface area contributed by atoms with Gasteiger partial charge >= 0.3 is 0 Å². The number of nitrogens with zero attached hydrogens (tertiary/aromatic N) is 2. The summed E-state index contributed by atoms with van der Waals surface area (Å²) in [5.74, 6) is 0.764. The molecule has 2 heterocycles. The van der Waals surface area contributed by atoms with Crippen molar-refractivity contribution in [2.75, 3.05) is 56.8 Å². The van der Waals surface area contributed by atoms with Gasteiger partial charge in [0.2, 0.25) is 0 Å². The van der Waals surface area contributed by atoms with Crippen LogP contribution in [0.5, 0.6) is 5.75 Å². The second-order valence-electron chi connectivity index (χ2n) is 13.0. The molecule has 4 aromatic carbocycles. The average Bonchev–Trinajstić information content (AvgIpc) is 3.32. The van der Waals surface area contributed by atoms with Crippen LogP contribution in [0.3, 0.4) is 0 Å². The molecule has 2 aliphatic heterocycles. The Kier molecular flexibility index (Phi) is 12.2. The van der Waals surface area contributed by atoms with Crippen molar-refractivity contribution in [1.82, 2.24) is 4.90 Å². The molecule has 256 valence electrons. The maximum Gasteiger partial charge on any atom is 0.251 e. The maximum absolute atomic E-state index is 13.8. The average molecular weight is 660 g/mol. The minimum atomic E-state index is -0.0607. The third-order valence-corrected chi connectivity index (χ3v) is 9.35. The third kappa shape index (κ3) is 9.60. The molecule has 6 rings (SSSR count). The van der Waals surface area contributed by atoms with E-state index in [1.807, 2.05) is 30.3 Å². The molecule has 1 fully saturated rings. The summed E-state index contributed by atoms with van der Waals surface area (Å²) in [5.41, 5.74) is 8.40. The number of carbonyl (C=O) groups excluding carboxylic acids is 1. The molecule has 0 unspecified atom stereocenters. The summed E-state index contributed by atoms with van der Waals surface area (Å²) in [7, 11) is 2.18. The molecule has 1 N–H and O–H groups in total. The van der Waals surface area contributed by atoms with Crippen LogP contribution in [0.15, 0.2) is 103 Å². The van der Waals surface area contributed by atoms with Crippen LogP contribution in [0, 0.1) is 0 Å². The Morgan fingerprint density at radius 2 is 1.63 bits per heavy atom. The van der Waals surface area contributed by atoms with Crippen LogP contribution in [-0.2, 0) is 27.4 Å². The topological polar surface area (TPSA) is 63.3 Å². The molecule has 7 nitrogen and oxygen atoms in total. The van der Waals surface area contributed by atoms with Crippen LogP contribution in [0.1, 0.15) is 49.3 Å². The normalized spacial score (nSPS) is 15.0. The van der Waals surface area contributed by atoms with Crippen molar-refractivity contribution < 1.29 is 19.0 Å². The molecular formula is C42H49N3O4. The van der Waals surface area contributed by atoms with Gasteiger partial charge in [-0.25, -0.2) is 0 Å². The number of rotatable bonds is 14. The van der Waals surface area contributed by atoms with Gasteiger partial charge in [-0.3, -0.25) is 9.69 Å². The number of carbonyl (C=O) groups is 1. The molecular weight excluding hydrogens is 610 g/mol. The Labute approximate surface area is 291 Å². The highest BCUT2D eigenvalue weighted by Gasteiger charge is 2.21. The lowest BCUT2D eigenvalue weighted by atomic mass is 10.00. The van der Waals surface area contributed by atoms with E-state index in [0.29, 0.717) is 25.7 Å². The van der Waals surface area contributed by atoms with Gasteiger partial charge in [-0.05, 0) is 103 Å². The Hall–Kier alpha value is -4.43. The van der Waals surface area contributed by atoms with Gasteiger partial charge in [0.1, 0.15) is 12.4 Å². The Bertz CT molecular complexity index is 1660. The van der Waals surface area contributed by atoms with E-state index in [1.165, 1.54) is 11.1 Å². The highest BCUT2D eigenvalue weighted by Crippen LogP contribution is 2.34. The van der Waals surface area contributed by atoms with Gasteiger partial charge in [0, 0.05) is 62.4 Å². The SMILES string of the molecule is CCCOCCOc1ccc(-c2ccc3c(c2)C=C(C(=O)Nc2ccc(CN(C)C4CCOCC4)cc2)CCN3Cc2ccccc2)cc1. The number of amides is 1. The maximum atomic E-state index is 13.8. The first-order valence-corrected chi connectivity index (χ1v) is 17.7. The van der Waals surface area contributed by atoms with Crippen molar-refractivity contribution in [3.63, 3.8) is 0 Å². The fourth-order valence-corrected chi connectivity index (χ4v) is 6.58. The van der Waals surface area contributed by atoms with E-state index in [1.54, 1.807) is 0 Å². The number of hydrogen-bond donors (Lipinski definition) is 1. The second-order valence-corrected chi connectivity index (χ2v) is 13.0. The number of benzene rings is 4. The highest BCUT2D eigenvalue weighted by molar-refractivity contribution is 6.07. The lowest BCUT2D eigenvalue weighted by Crippen LogP contribution is -2.36. The van der Waals surface area contributed by atoms with Crippen LogP contribution < -0.4 is 15.0 Å². The van der Waals surface area contributed by atoms with Crippen LogP contribution >= 0.6 is 0 Å². The van der Waals surface area contributed by atoms with Gasteiger partial charge in [0.05, 0.1) is 6.61 Å². The molecule has 0 aliphatic carbocycles. The van der Waals surface area contributed by atoms with Gasteiger partial charge in [-0.15, -0.1) is 0 Å². The minimum absolute atomic E-state index is 0.0607. The lowest BCUT2D eigenvalue weighted by Gasteiger charge is -2.31. The van der Waals surface area contributed by atoms with E-state index in [0.717, 1.165) is 98.1 Å². The Morgan fingerprint density at radius 1 is 0.878 bits per heavy atom. The van der Waals surface area contributed by atoms with Crippen molar-refractivity contribution >= 4 is 23.4 Å².